The van der Waals surface area contributed by atoms with Crippen LogP contribution in [-0.2, 0) is 0 Å². The van der Waals surface area contributed by atoms with Crippen LogP contribution in [0.4, 0.5) is 0 Å². The van der Waals surface area contributed by atoms with Crippen molar-refractivity contribution in [1.82, 2.24) is 0 Å². The number of thioether (sulfide) groups is 4. The zero-order valence-corrected chi connectivity index (χ0v) is 14.8. The summed E-state index contributed by atoms with van der Waals surface area (Å²) in [6.45, 7) is 0. The van der Waals surface area contributed by atoms with Gasteiger partial charge >= 0.3 is 0 Å². The van der Waals surface area contributed by atoms with E-state index >= 15 is 0 Å². The highest BCUT2D eigenvalue weighted by atomic mass is 32.2. The lowest BCUT2D eigenvalue weighted by Gasteiger charge is -2.05. The second-order valence-corrected chi connectivity index (χ2v) is 9.07. The van der Waals surface area contributed by atoms with Crippen molar-refractivity contribution in [3.8, 4) is 0 Å². The van der Waals surface area contributed by atoms with Gasteiger partial charge in [-0.3, -0.25) is 0 Å². The summed E-state index contributed by atoms with van der Waals surface area (Å²) in [6.07, 6.45) is 0. The van der Waals surface area contributed by atoms with Gasteiger partial charge in [-0.15, -0.1) is 0 Å². The lowest BCUT2D eigenvalue weighted by molar-refractivity contribution is 1.63. The molecular weight excluding hydrogens is 344 g/mol. The van der Waals surface area contributed by atoms with Gasteiger partial charge in [-0.1, -0.05) is 108 Å². The summed E-state index contributed by atoms with van der Waals surface area (Å²) >= 11 is 7.46. The molecule has 0 spiro atoms. The average molecular weight is 357 g/mol. The first kappa shape index (κ1) is 14.6. The van der Waals surface area contributed by atoms with Crippen LogP contribution in [0.5, 0.6) is 0 Å². The van der Waals surface area contributed by atoms with Gasteiger partial charge in [0.05, 0.1) is 8.47 Å². The molecule has 0 aliphatic carbocycles. The zero-order valence-electron chi connectivity index (χ0n) is 11.6. The van der Waals surface area contributed by atoms with Crippen molar-refractivity contribution in [2.75, 3.05) is 0 Å². The molecule has 0 unspecified atom stereocenters. The van der Waals surface area contributed by atoms with Crippen molar-refractivity contribution in [3.05, 3.63) is 91.1 Å². The fraction of sp³-hybridized carbons (Fsp3) is 0. The van der Waals surface area contributed by atoms with E-state index in [4.69, 9.17) is 0 Å². The molecule has 0 aromatic heterocycles. The highest BCUT2D eigenvalue weighted by molar-refractivity contribution is 8.37. The van der Waals surface area contributed by atoms with E-state index in [1.807, 2.05) is 47.0 Å². The van der Waals surface area contributed by atoms with Gasteiger partial charge in [0.15, 0.2) is 0 Å². The molecule has 2 heterocycles. The Balaban J connectivity index is 1.79. The van der Waals surface area contributed by atoms with Gasteiger partial charge in [0, 0.05) is 9.81 Å². The molecule has 108 valence electrons. The van der Waals surface area contributed by atoms with Crippen LogP contribution in [0.15, 0.2) is 80.0 Å². The zero-order chi connectivity index (χ0) is 14.8. The third kappa shape index (κ3) is 2.93. The van der Waals surface area contributed by atoms with Crippen molar-refractivity contribution >= 4 is 56.9 Å². The molecule has 2 aromatic rings. The molecule has 0 fully saturated rings. The lowest BCUT2D eigenvalue weighted by atomic mass is 10.1. The first-order valence-corrected chi connectivity index (χ1v) is 10.2. The second-order valence-electron chi connectivity index (χ2n) is 4.68. The Morgan fingerprint density at radius 2 is 0.955 bits per heavy atom. The van der Waals surface area contributed by atoms with E-state index in [1.165, 1.54) is 29.4 Å². The minimum absolute atomic E-state index is 1.30. The molecule has 0 saturated heterocycles. The SMILES string of the molecule is C1=CSC(=C2SC(c3ccccc3)=C(c3ccccc3)S2)S1. The topological polar surface area (TPSA) is 0 Å². The van der Waals surface area contributed by atoms with Gasteiger partial charge < -0.3 is 0 Å². The molecule has 22 heavy (non-hydrogen) atoms. The highest BCUT2D eigenvalue weighted by Crippen LogP contribution is 2.61. The maximum absolute atomic E-state index is 2.20. The van der Waals surface area contributed by atoms with E-state index in [2.05, 4.69) is 71.5 Å². The van der Waals surface area contributed by atoms with E-state index < -0.39 is 0 Å². The van der Waals surface area contributed by atoms with Crippen LogP contribution in [0.3, 0.4) is 0 Å². The molecule has 0 radical (unpaired) electrons. The fourth-order valence-corrected chi connectivity index (χ4v) is 7.14. The number of benzene rings is 2. The maximum atomic E-state index is 2.20. The Morgan fingerprint density at radius 3 is 1.41 bits per heavy atom. The van der Waals surface area contributed by atoms with E-state index in [-0.39, 0.29) is 0 Å². The standard InChI is InChI=1S/C18H12S4/c1-3-7-13(8-4-1)15-16(14-9-5-2-6-10-14)22-18(21-15)17-19-11-12-20-17/h1-12H. The first-order chi connectivity index (χ1) is 10.9. The third-order valence-electron chi connectivity index (χ3n) is 3.24. The van der Waals surface area contributed by atoms with Crippen LogP contribution in [0.25, 0.3) is 9.81 Å². The Morgan fingerprint density at radius 1 is 0.500 bits per heavy atom. The van der Waals surface area contributed by atoms with Crippen molar-refractivity contribution in [2.45, 2.75) is 0 Å². The van der Waals surface area contributed by atoms with Gasteiger partial charge in [0.2, 0.25) is 0 Å². The van der Waals surface area contributed by atoms with E-state index in [0.717, 1.165) is 0 Å². The van der Waals surface area contributed by atoms with Crippen molar-refractivity contribution in [2.24, 2.45) is 0 Å². The molecule has 0 bridgehead atoms. The maximum Gasteiger partial charge on any atom is 0.0706 e. The molecule has 2 aromatic carbocycles. The lowest BCUT2D eigenvalue weighted by Crippen LogP contribution is -1.81. The monoisotopic (exact) mass is 356 g/mol. The van der Waals surface area contributed by atoms with Crippen LogP contribution in [0, 0.1) is 0 Å². The minimum Gasteiger partial charge on any atom is -0.0884 e. The molecule has 2 aliphatic rings. The molecule has 0 N–H and O–H groups in total. The van der Waals surface area contributed by atoms with E-state index in [0.29, 0.717) is 0 Å². The Hall–Kier alpha value is -0.940. The second kappa shape index (κ2) is 6.67. The van der Waals surface area contributed by atoms with Crippen LogP contribution < -0.4 is 0 Å². The van der Waals surface area contributed by atoms with Crippen LogP contribution in [0.1, 0.15) is 11.1 Å². The van der Waals surface area contributed by atoms with Crippen molar-refractivity contribution in [3.63, 3.8) is 0 Å². The average Bonchev–Trinajstić information content (AvgIpc) is 3.26. The highest BCUT2D eigenvalue weighted by Gasteiger charge is 2.26. The Bertz CT molecular complexity index is 710. The smallest absolute Gasteiger partial charge is 0.0706 e. The summed E-state index contributed by atoms with van der Waals surface area (Å²) in [5.74, 6) is 0. The predicted molar refractivity (Wildman–Crippen MR) is 106 cm³/mol. The van der Waals surface area contributed by atoms with Gasteiger partial charge in [0.25, 0.3) is 0 Å². The summed E-state index contributed by atoms with van der Waals surface area (Å²) in [6, 6.07) is 21.4. The number of hydrogen-bond acceptors (Lipinski definition) is 4. The summed E-state index contributed by atoms with van der Waals surface area (Å²) in [5.41, 5.74) is 2.60. The number of rotatable bonds is 2. The summed E-state index contributed by atoms with van der Waals surface area (Å²) in [7, 11) is 0. The van der Waals surface area contributed by atoms with Crippen LogP contribution in [0.2, 0.25) is 0 Å². The minimum atomic E-state index is 1.30. The van der Waals surface area contributed by atoms with E-state index in [9.17, 15) is 0 Å². The van der Waals surface area contributed by atoms with Gasteiger partial charge in [-0.25, -0.2) is 0 Å². The van der Waals surface area contributed by atoms with Crippen LogP contribution >= 0.6 is 47.0 Å². The number of hydrogen-bond donors (Lipinski definition) is 0. The molecular formula is C18H12S4. The largest absolute Gasteiger partial charge is 0.0884 e. The molecule has 4 rings (SSSR count). The van der Waals surface area contributed by atoms with Gasteiger partial charge in [-0.05, 0) is 21.9 Å². The summed E-state index contributed by atoms with van der Waals surface area (Å²) in [5, 5.41) is 4.33. The molecule has 0 saturated carbocycles. The van der Waals surface area contributed by atoms with Crippen molar-refractivity contribution in [1.29, 1.82) is 0 Å². The van der Waals surface area contributed by atoms with Gasteiger partial charge in [-0.2, -0.15) is 0 Å². The third-order valence-corrected chi connectivity index (χ3v) is 8.58. The fourth-order valence-electron chi connectivity index (χ4n) is 2.24. The Labute approximate surface area is 147 Å². The predicted octanol–water partition coefficient (Wildman–Crippen LogP) is 7.07. The molecule has 0 amide bonds. The summed E-state index contributed by atoms with van der Waals surface area (Å²) < 4.78 is 2.80. The molecule has 2 aliphatic heterocycles. The quantitative estimate of drug-likeness (QED) is 0.564. The first-order valence-electron chi connectivity index (χ1n) is 6.85. The summed E-state index contributed by atoms with van der Waals surface area (Å²) in [4.78, 5) is 2.74. The Kier molecular flexibility index (Phi) is 4.44. The van der Waals surface area contributed by atoms with E-state index in [1.54, 1.807) is 0 Å². The van der Waals surface area contributed by atoms with Crippen molar-refractivity contribution < 1.29 is 0 Å². The molecule has 4 heteroatoms. The normalized spacial score (nSPS) is 17.6. The van der Waals surface area contributed by atoms with Crippen LogP contribution in [-0.4, -0.2) is 0 Å². The molecule has 0 nitrogen and oxygen atoms in total. The molecule has 0 atom stereocenters. The van der Waals surface area contributed by atoms with Gasteiger partial charge in [0.1, 0.15) is 0 Å².